The van der Waals surface area contributed by atoms with Gasteiger partial charge < -0.3 is 5.73 Å². The van der Waals surface area contributed by atoms with Gasteiger partial charge in [-0.15, -0.1) is 0 Å². The molecule has 4 nitrogen and oxygen atoms in total. The lowest BCUT2D eigenvalue weighted by Crippen LogP contribution is -2.38. The summed E-state index contributed by atoms with van der Waals surface area (Å²) < 4.78 is 27.1. The van der Waals surface area contributed by atoms with E-state index < -0.39 is 10.0 Å². The molecule has 1 fully saturated rings. The second-order valence-electron chi connectivity index (χ2n) is 4.43. The van der Waals surface area contributed by atoms with Gasteiger partial charge in [0.1, 0.15) is 0 Å². The van der Waals surface area contributed by atoms with E-state index in [1.165, 1.54) is 6.07 Å². The van der Waals surface area contributed by atoms with Crippen molar-refractivity contribution in [2.75, 3.05) is 6.54 Å². The van der Waals surface area contributed by atoms with Crippen molar-refractivity contribution in [2.45, 2.75) is 23.8 Å². The summed E-state index contributed by atoms with van der Waals surface area (Å²) in [5, 5.41) is 0.482. The van der Waals surface area contributed by atoms with Gasteiger partial charge in [-0.25, -0.2) is 13.1 Å². The molecule has 0 radical (unpaired) electrons. The summed E-state index contributed by atoms with van der Waals surface area (Å²) >= 11 is 8.98. The molecule has 0 aliphatic heterocycles. The van der Waals surface area contributed by atoms with Crippen LogP contribution < -0.4 is 10.5 Å². The number of halogens is 2. The van der Waals surface area contributed by atoms with E-state index in [-0.39, 0.29) is 17.5 Å². The van der Waals surface area contributed by atoms with Crippen molar-refractivity contribution in [3.05, 3.63) is 27.7 Å². The van der Waals surface area contributed by atoms with E-state index in [1.54, 1.807) is 12.1 Å². The Morgan fingerprint density at radius 1 is 1.50 bits per heavy atom. The SMILES string of the molecule is NC(CNS(=O)(=O)c1ccc(Cl)cc1Br)C1CC1. The number of nitrogens with two attached hydrogens (primary N) is 1. The molecule has 2 rings (SSSR count). The summed E-state index contributed by atoms with van der Waals surface area (Å²) in [5.41, 5.74) is 5.87. The minimum atomic E-state index is -3.54. The number of hydrogen-bond acceptors (Lipinski definition) is 3. The first-order chi connectivity index (χ1) is 8.40. The van der Waals surface area contributed by atoms with Gasteiger partial charge in [-0.1, -0.05) is 11.6 Å². The minimum absolute atomic E-state index is 0.106. The van der Waals surface area contributed by atoms with Gasteiger partial charge in [0.15, 0.2) is 0 Å². The standard InChI is InChI=1S/C11H14BrClN2O2S/c12-9-5-8(13)3-4-11(9)18(16,17)15-6-10(14)7-1-2-7/h3-5,7,10,15H,1-2,6,14H2. The van der Waals surface area contributed by atoms with E-state index in [0.29, 0.717) is 15.4 Å². The number of benzene rings is 1. The van der Waals surface area contributed by atoms with E-state index in [9.17, 15) is 8.42 Å². The van der Waals surface area contributed by atoms with Crippen LogP contribution in [-0.4, -0.2) is 21.0 Å². The average Bonchev–Trinajstić information content (AvgIpc) is 3.09. The first-order valence-electron chi connectivity index (χ1n) is 5.60. The lowest BCUT2D eigenvalue weighted by molar-refractivity contribution is 0.547. The molecular formula is C11H14BrClN2O2S. The summed E-state index contributed by atoms with van der Waals surface area (Å²) in [6, 6.07) is 4.46. The molecule has 0 spiro atoms. The van der Waals surface area contributed by atoms with Crippen molar-refractivity contribution in [1.82, 2.24) is 4.72 Å². The Balaban J connectivity index is 2.09. The van der Waals surface area contributed by atoms with E-state index in [1.807, 2.05) is 0 Å². The Hall–Kier alpha value is -0.140. The van der Waals surface area contributed by atoms with Gasteiger partial charge >= 0.3 is 0 Å². The molecule has 1 saturated carbocycles. The molecule has 7 heteroatoms. The predicted molar refractivity (Wildman–Crippen MR) is 75.0 cm³/mol. The van der Waals surface area contributed by atoms with Gasteiger partial charge in [0, 0.05) is 22.1 Å². The fraction of sp³-hybridized carbons (Fsp3) is 0.455. The van der Waals surface area contributed by atoms with Crippen LogP contribution in [0, 0.1) is 5.92 Å². The van der Waals surface area contributed by atoms with Gasteiger partial charge in [-0.2, -0.15) is 0 Å². The average molecular weight is 354 g/mol. The summed E-state index contributed by atoms with van der Waals surface area (Å²) in [5.74, 6) is 0.460. The predicted octanol–water partition coefficient (Wildman–Crippen LogP) is 2.12. The third-order valence-electron chi connectivity index (χ3n) is 2.92. The Morgan fingerprint density at radius 2 is 2.17 bits per heavy atom. The maximum Gasteiger partial charge on any atom is 0.241 e. The van der Waals surface area contributed by atoms with Crippen LogP contribution in [-0.2, 0) is 10.0 Å². The van der Waals surface area contributed by atoms with E-state index >= 15 is 0 Å². The lowest BCUT2D eigenvalue weighted by Gasteiger charge is -2.13. The highest BCUT2D eigenvalue weighted by Crippen LogP contribution is 2.31. The molecular weight excluding hydrogens is 340 g/mol. The topological polar surface area (TPSA) is 72.2 Å². The van der Waals surface area contributed by atoms with Crippen LogP contribution in [0.15, 0.2) is 27.6 Å². The highest BCUT2D eigenvalue weighted by molar-refractivity contribution is 9.10. The van der Waals surface area contributed by atoms with Crippen molar-refractivity contribution in [3.63, 3.8) is 0 Å². The van der Waals surface area contributed by atoms with Crippen LogP contribution in [0.25, 0.3) is 0 Å². The van der Waals surface area contributed by atoms with Crippen molar-refractivity contribution in [2.24, 2.45) is 11.7 Å². The number of hydrogen-bond donors (Lipinski definition) is 2. The quantitative estimate of drug-likeness (QED) is 0.851. The molecule has 3 N–H and O–H groups in total. The van der Waals surface area contributed by atoms with E-state index in [2.05, 4.69) is 20.7 Å². The third-order valence-corrected chi connectivity index (χ3v) is 5.56. The van der Waals surface area contributed by atoms with Gasteiger partial charge in [0.2, 0.25) is 10.0 Å². The molecule has 0 amide bonds. The molecule has 1 unspecified atom stereocenters. The molecule has 0 heterocycles. The molecule has 18 heavy (non-hydrogen) atoms. The summed E-state index contributed by atoms with van der Waals surface area (Å²) in [6.45, 7) is 0.266. The molecule has 1 atom stereocenters. The van der Waals surface area contributed by atoms with Crippen molar-refractivity contribution >= 4 is 37.6 Å². The Labute approximate surface area is 120 Å². The molecule has 1 aromatic rings. The van der Waals surface area contributed by atoms with Crippen LogP contribution in [0.4, 0.5) is 0 Å². The lowest BCUT2D eigenvalue weighted by atomic mass is 10.2. The zero-order chi connectivity index (χ0) is 13.3. The second-order valence-corrected chi connectivity index (χ2v) is 7.45. The molecule has 100 valence electrons. The van der Waals surface area contributed by atoms with Crippen LogP contribution in [0.3, 0.4) is 0 Å². The van der Waals surface area contributed by atoms with E-state index in [0.717, 1.165) is 12.8 Å². The molecule has 0 saturated heterocycles. The number of rotatable bonds is 5. The minimum Gasteiger partial charge on any atom is -0.326 e. The second kappa shape index (κ2) is 5.46. The third kappa shape index (κ3) is 3.45. The number of sulfonamides is 1. The molecule has 1 aliphatic rings. The van der Waals surface area contributed by atoms with Crippen molar-refractivity contribution in [3.8, 4) is 0 Å². The Bertz CT molecular complexity index is 546. The van der Waals surface area contributed by atoms with Crippen LogP contribution >= 0.6 is 27.5 Å². The Morgan fingerprint density at radius 3 is 2.72 bits per heavy atom. The molecule has 0 aromatic heterocycles. The van der Waals surface area contributed by atoms with Crippen LogP contribution in [0.2, 0.25) is 5.02 Å². The van der Waals surface area contributed by atoms with Gasteiger partial charge in [0.25, 0.3) is 0 Å². The first-order valence-corrected chi connectivity index (χ1v) is 8.26. The van der Waals surface area contributed by atoms with Crippen LogP contribution in [0.1, 0.15) is 12.8 Å². The number of nitrogens with one attached hydrogen (secondary N) is 1. The summed E-state index contributed by atoms with van der Waals surface area (Å²) in [6.07, 6.45) is 2.18. The largest absolute Gasteiger partial charge is 0.326 e. The fourth-order valence-corrected chi connectivity index (χ4v) is 4.12. The maximum absolute atomic E-state index is 12.1. The smallest absolute Gasteiger partial charge is 0.241 e. The fourth-order valence-electron chi connectivity index (χ4n) is 1.67. The first kappa shape index (κ1) is 14.3. The summed E-state index contributed by atoms with van der Waals surface area (Å²) in [7, 11) is -3.54. The summed E-state index contributed by atoms with van der Waals surface area (Å²) in [4.78, 5) is 0.176. The zero-order valence-electron chi connectivity index (χ0n) is 9.57. The highest BCUT2D eigenvalue weighted by Gasteiger charge is 2.29. The molecule has 1 aromatic carbocycles. The molecule has 0 bridgehead atoms. The van der Waals surface area contributed by atoms with Gasteiger partial charge in [-0.05, 0) is 52.9 Å². The maximum atomic E-state index is 12.1. The van der Waals surface area contributed by atoms with E-state index in [4.69, 9.17) is 17.3 Å². The van der Waals surface area contributed by atoms with Crippen molar-refractivity contribution < 1.29 is 8.42 Å². The van der Waals surface area contributed by atoms with Crippen molar-refractivity contribution in [1.29, 1.82) is 0 Å². The Kier molecular flexibility index (Phi) is 4.33. The van der Waals surface area contributed by atoms with Crippen LogP contribution in [0.5, 0.6) is 0 Å². The van der Waals surface area contributed by atoms with Gasteiger partial charge in [-0.3, -0.25) is 0 Å². The molecule has 1 aliphatic carbocycles. The normalized spacial score (nSPS) is 17.7. The van der Waals surface area contributed by atoms with Gasteiger partial charge in [0.05, 0.1) is 4.90 Å². The zero-order valence-corrected chi connectivity index (χ0v) is 12.7. The highest BCUT2D eigenvalue weighted by atomic mass is 79.9. The monoisotopic (exact) mass is 352 g/mol.